The summed E-state index contributed by atoms with van der Waals surface area (Å²) in [6.07, 6.45) is 2.76. The smallest absolute Gasteiger partial charge is 0.294 e. The molecule has 0 aromatic heterocycles. The Morgan fingerprint density at radius 2 is 1.17 bits per heavy atom. The topological polar surface area (TPSA) is 153 Å². The highest BCUT2D eigenvalue weighted by molar-refractivity contribution is 7.86. The lowest BCUT2D eigenvalue weighted by atomic mass is 9.76. The molecule has 0 bridgehead atoms. The predicted molar refractivity (Wildman–Crippen MR) is 233 cm³/mol. The number of nitrogens with zero attached hydrogens (tertiary/aromatic N) is 2. The van der Waals surface area contributed by atoms with Gasteiger partial charge in [0.2, 0.25) is 0 Å². The van der Waals surface area contributed by atoms with E-state index in [4.69, 9.17) is 5.73 Å². The lowest BCUT2D eigenvalue weighted by molar-refractivity contribution is 0.149. The number of nitrogens with two attached hydrogens (primary N) is 1. The lowest BCUT2D eigenvalue weighted by Gasteiger charge is -2.47. The standard InChI is InChI=1S/C46H56N4O6S2/c1-6-49(31-34-11-9-8-10-12-34)39-21-17-36(18-22-39)44(42-26-25-41(57(51,52)53)27-43(42)58(54,55)56)37-19-23-40(24-20-37)50(7-2)32-35-15-13-33(14-16-35)28-46(5)30-38(47)29-45(3,4)48-46/h8-27,38,44,48H,6-7,28-32,47H2,1-5H3,(H,51,52,53)(H,54,55,56). The van der Waals surface area contributed by atoms with E-state index in [1.54, 1.807) is 0 Å². The maximum atomic E-state index is 12.8. The molecule has 0 radical (unpaired) electrons. The van der Waals surface area contributed by atoms with Gasteiger partial charge in [0.15, 0.2) is 0 Å². The molecule has 5 aromatic rings. The first-order valence-electron chi connectivity index (χ1n) is 19.8. The van der Waals surface area contributed by atoms with Crippen LogP contribution >= 0.6 is 0 Å². The van der Waals surface area contributed by atoms with Gasteiger partial charge in [-0.15, -0.1) is 0 Å². The van der Waals surface area contributed by atoms with Crippen LogP contribution in [0.15, 0.2) is 131 Å². The minimum absolute atomic E-state index is 0.0139. The van der Waals surface area contributed by atoms with Gasteiger partial charge in [0, 0.05) is 60.6 Å². The third-order valence-corrected chi connectivity index (χ3v) is 12.9. The molecular formula is C46H56N4O6S2. The van der Waals surface area contributed by atoms with Gasteiger partial charge in [-0.05, 0) is 124 Å². The van der Waals surface area contributed by atoms with Crippen LogP contribution in [0.1, 0.15) is 86.8 Å². The Hall–Kier alpha value is -4.56. The maximum Gasteiger partial charge on any atom is 0.294 e. The Morgan fingerprint density at radius 1 is 0.672 bits per heavy atom. The van der Waals surface area contributed by atoms with Gasteiger partial charge in [-0.25, -0.2) is 0 Å². The highest BCUT2D eigenvalue weighted by Crippen LogP contribution is 2.39. The van der Waals surface area contributed by atoms with Gasteiger partial charge in [-0.1, -0.05) is 84.9 Å². The van der Waals surface area contributed by atoms with Crippen LogP contribution in [0.4, 0.5) is 11.4 Å². The molecule has 1 heterocycles. The van der Waals surface area contributed by atoms with Crippen LogP contribution < -0.4 is 20.9 Å². The van der Waals surface area contributed by atoms with Crippen molar-refractivity contribution in [1.82, 2.24) is 5.32 Å². The van der Waals surface area contributed by atoms with Gasteiger partial charge in [0.1, 0.15) is 0 Å². The van der Waals surface area contributed by atoms with Crippen LogP contribution in [-0.4, -0.2) is 56.2 Å². The summed E-state index contributed by atoms with van der Waals surface area (Å²) in [6, 6.07) is 38.0. The molecule has 12 heteroatoms. The average molecular weight is 825 g/mol. The van der Waals surface area contributed by atoms with Gasteiger partial charge < -0.3 is 20.9 Å². The molecule has 0 spiro atoms. The molecule has 5 aromatic carbocycles. The van der Waals surface area contributed by atoms with Gasteiger partial charge in [-0.3, -0.25) is 9.11 Å². The fraction of sp³-hybridized carbons (Fsp3) is 0.348. The number of benzene rings is 5. The molecule has 5 N–H and O–H groups in total. The fourth-order valence-corrected chi connectivity index (χ4v) is 10.1. The van der Waals surface area contributed by atoms with Crippen LogP contribution in [0.5, 0.6) is 0 Å². The van der Waals surface area contributed by atoms with Crippen molar-refractivity contribution in [1.29, 1.82) is 0 Å². The Balaban J connectivity index is 1.29. The Labute approximate surface area is 344 Å². The van der Waals surface area contributed by atoms with Crippen molar-refractivity contribution in [2.75, 3.05) is 22.9 Å². The molecule has 1 fully saturated rings. The van der Waals surface area contributed by atoms with E-state index < -0.39 is 35.9 Å². The molecule has 0 saturated carbocycles. The van der Waals surface area contributed by atoms with E-state index in [1.165, 1.54) is 11.6 Å². The third kappa shape index (κ3) is 10.5. The number of nitrogens with one attached hydrogen (secondary N) is 1. The molecule has 1 saturated heterocycles. The largest absolute Gasteiger partial charge is 0.367 e. The zero-order valence-electron chi connectivity index (χ0n) is 34.0. The van der Waals surface area contributed by atoms with Gasteiger partial charge >= 0.3 is 0 Å². The van der Waals surface area contributed by atoms with E-state index in [9.17, 15) is 25.9 Å². The number of piperidine rings is 1. The van der Waals surface area contributed by atoms with E-state index in [1.807, 2.05) is 66.7 Å². The summed E-state index contributed by atoms with van der Waals surface area (Å²) < 4.78 is 70.0. The Kier molecular flexibility index (Phi) is 12.9. The van der Waals surface area contributed by atoms with Gasteiger partial charge in [-0.2, -0.15) is 16.8 Å². The van der Waals surface area contributed by atoms with Crippen molar-refractivity contribution in [2.24, 2.45) is 5.73 Å². The monoisotopic (exact) mass is 824 g/mol. The van der Waals surface area contributed by atoms with E-state index in [2.05, 4.69) is 86.1 Å². The minimum atomic E-state index is -4.92. The van der Waals surface area contributed by atoms with Crippen molar-refractivity contribution in [2.45, 2.75) is 99.8 Å². The molecule has 3 unspecified atom stereocenters. The molecule has 0 aliphatic carbocycles. The summed E-state index contributed by atoms with van der Waals surface area (Å²) in [5.74, 6) is -0.720. The van der Waals surface area contributed by atoms with Crippen molar-refractivity contribution in [3.8, 4) is 0 Å². The first kappa shape index (κ1) is 43.0. The van der Waals surface area contributed by atoms with Gasteiger partial charge in [0.05, 0.1) is 9.79 Å². The highest BCUT2D eigenvalue weighted by atomic mass is 32.2. The number of rotatable bonds is 15. The molecule has 3 atom stereocenters. The quantitative estimate of drug-likeness (QED) is 0.0601. The third-order valence-electron chi connectivity index (χ3n) is 11.2. The summed E-state index contributed by atoms with van der Waals surface area (Å²) in [5.41, 5.74) is 13.5. The summed E-state index contributed by atoms with van der Waals surface area (Å²) in [4.78, 5) is 3.25. The van der Waals surface area contributed by atoms with Gasteiger partial charge in [0.25, 0.3) is 20.2 Å². The molecule has 58 heavy (non-hydrogen) atoms. The zero-order chi connectivity index (χ0) is 41.9. The summed E-state index contributed by atoms with van der Waals surface area (Å²) in [5, 5.41) is 3.83. The van der Waals surface area contributed by atoms with Crippen LogP contribution in [0, 0.1) is 0 Å². The number of hydrogen-bond acceptors (Lipinski definition) is 8. The molecular weight excluding hydrogens is 769 g/mol. The summed E-state index contributed by atoms with van der Waals surface area (Å²) in [7, 11) is -9.68. The van der Waals surface area contributed by atoms with Crippen LogP contribution in [-0.2, 0) is 39.7 Å². The predicted octanol–water partition coefficient (Wildman–Crippen LogP) is 8.20. The van der Waals surface area contributed by atoms with Crippen LogP contribution in [0.25, 0.3) is 0 Å². The van der Waals surface area contributed by atoms with Crippen molar-refractivity contribution in [3.63, 3.8) is 0 Å². The Morgan fingerprint density at radius 3 is 1.64 bits per heavy atom. The SMILES string of the molecule is CCN(Cc1ccccc1)c1ccc(C(c2ccc(N(CC)Cc3ccc(CC4(C)CC(N)CC(C)(C)N4)cc3)cc2)c2ccc(S(=O)(=O)O)cc2S(=O)(=O)O)cc1. The molecule has 0 amide bonds. The van der Waals surface area contributed by atoms with E-state index in [-0.39, 0.29) is 22.7 Å². The second kappa shape index (κ2) is 17.3. The second-order valence-corrected chi connectivity index (χ2v) is 19.3. The average Bonchev–Trinajstić information content (AvgIpc) is 3.16. The van der Waals surface area contributed by atoms with Crippen molar-refractivity contribution in [3.05, 3.63) is 155 Å². The van der Waals surface area contributed by atoms with Crippen molar-refractivity contribution >= 4 is 31.6 Å². The van der Waals surface area contributed by atoms with Crippen LogP contribution in [0.2, 0.25) is 0 Å². The Bertz CT molecular complexity index is 2390. The number of hydrogen-bond donors (Lipinski definition) is 4. The summed E-state index contributed by atoms with van der Waals surface area (Å²) >= 11 is 0. The molecule has 6 rings (SSSR count). The normalized spacial score (nSPS) is 18.7. The van der Waals surface area contributed by atoms with E-state index in [0.717, 1.165) is 78.1 Å². The van der Waals surface area contributed by atoms with E-state index in [0.29, 0.717) is 13.1 Å². The minimum Gasteiger partial charge on any atom is -0.367 e. The van der Waals surface area contributed by atoms with E-state index >= 15 is 0 Å². The molecule has 308 valence electrons. The lowest BCUT2D eigenvalue weighted by Crippen LogP contribution is -2.63. The molecule has 1 aliphatic rings. The van der Waals surface area contributed by atoms with Crippen molar-refractivity contribution < 1.29 is 25.9 Å². The first-order valence-corrected chi connectivity index (χ1v) is 22.7. The summed E-state index contributed by atoms with van der Waals surface area (Å²) in [6.45, 7) is 13.7. The zero-order valence-corrected chi connectivity index (χ0v) is 35.6. The highest BCUT2D eigenvalue weighted by Gasteiger charge is 2.39. The second-order valence-electron chi connectivity index (χ2n) is 16.5. The number of anilines is 2. The fourth-order valence-electron chi connectivity index (χ4n) is 8.79. The maximum absolute atomic E-state index is 12.8. The van der Waals surface area contributed by atoms with Crippen LogP contribution in [0.3, 0.4) is 0 Å². The first-order chi connectivity index (χ1) is 27.4. The molecule has 10 nitrogen and oxygen atoms in total. The molecule has 1 aliphatic heterocycles.